The minimum absolute atomic E-state index is 0. The predicted molar refractivity (Wildman–Crippen MR) is 299 cm³/mol. The Morgan fingerprint density at radius 3 is 1.36 bits per heavy atom. The van der Waals surface area contributed by atoms with Gasteiger partial charge < -0.3 is 8.80 Å². The fourth-order valence-corrected chi connectivity index (χ4v) is 10.8. The van der Waals surface area contributed by atoms with Crippen LogP contribution in [0.2, 0.25) is 0 Å². The van der Waals surface area contributed by atoms with Crippen LogP contribution in [0.4, 0.5) is 0 Å². The third kappa shape index (κ3) is 9.19. The second kappa shape index (κ2) is 21.0. The first kappa shape index (κ1) is 52.6. The van der Waals surface area contributed by atoms with Crippen molar-refractivity contribution in [2.24, 2.45) is 0 Å². The quantitative estimate of drug-likeness (QED) is 0.112. The Bertz CT molecular complexity index is 3740. The van der Waals surface area contributed by atoms with Gasteiger partial charge in [-0.25, -0.2) is 0 Å². The molecule has 0 fully saturated rings. The van der Waals surface area contributed by atoms with Crippen LogP contribution in [-0.2, 0) is 40.2 Å². The monoisotopic (exact) mass is 1300 g/mol. The topological polar surface area (TPSA) is 34.6 Å². The zero-order valence-electron chi connectivity index (χ0n) is 44.0. The van der Waals surface area contributed by atoms with Gasteiger partial charge >= 0.3 is 0 Å². The minimum atomic E-state index is 0. The van der Waals surface area contributed by atoms with Crippen molar-refractivity contribution in [2.45, 2.75) is 120 Å². The number of hydrogen-bond acceptors (Lipinski definition) is 2. The van der Waals surface area contributed by atoms with Crippen LogP contribution in [0.25, 0.3) is 88.3 Å². The number of fused-ring (bicyclic) bond motifs is 12. The molecular weight excluding hydrogens is 1230 g/mol. The third-order valence-corrected chi connectivity index (χ3v) is 14.7. The number of pyridine rings is 2. The van der Waals surface area contributed by atoms with E-state index in [2.05, 4.69) is 233 Å². The molecule has 0 saturated carbocycles. The van der Waals surface area contributed by atoms with Crippen LogP contribution in [-0.4, -0.2) is 18.8 Å². The molecule has 11 rings (SSSR count). The number of hydrogen-bond donors (Lipinski definition) is 0. The van der Waals surface area contributed by atoms with E-state index in [1.54, 1.807) is 0 Å². The van der Waals surface area contributed by atoms with Crippen LogP contribution in [0.1, 0.15) is 143 Å². The smallest absolute Gasteiger partial charge is 0.0639 e. The van der Waals surface area contributed by atoms with Crippen LogP contribution < -0.4 is 0 Å². The number of benzene rings is 7. The van der Waals surface area contributed by atoms with Crippen molar-refractivity contribution < 1.29 is 40.2 Å². The van der Waals surface area contributed by atoms with Crippen LogP contribution in [0.5, 0.6) is 0 Å². The maximum absolute atomic E-state index is 5.04. The average Bonchev–Trinajstić information content (AvgIpc) is 4.00. The van der Waals surface area contributed by atoms with Gasteiger partial charge in [0.15, 0.2) is 0 Å². The first-order chi connectivity index (χ1) is 33.6. The van der Waals surface area contributed by atoms with Gasteiger partial charge in [-0.1, -0.05) is 158 Å². The summed E-state index contributed by atoms with van der Waals surface area (Å²) in [6.07, 6.45) is 4.16. The number of imidazole rings is 2. The SMILES string of the molecule is Cc1cc2c3ccc[c-]c3c3ncc(-c4c(C(C)C)cc(-c5ccccc5)cc4C(C)C)n3c2cc1C.Cc1ccc2c(c1)c1ccc[c-]c1c1ncc(-c3c(C(C)C)cc(C(C)C)cc3C(C)C)n21.[Ir].[Ir]. The molecule has 4 aromatic heterocycles. The number of aryl methyl sites for hydroxylation is 3. The molecule has 0 spiro atoms. The summed E-state index contributed by atoms with van der Waals surface area (Å²) in [4.78, 5) is 10.0. The van der Waals surface area contributed by atoms with Gasteiger partial charge in [0.05, 0.1) is 22.7 Å². The van der Waals surface area contributed by atoms with E-state index >= 15 is 0 Å². The second-order valence-electron chi connectivity index (χ2n) is 21.2. The molecule has 0 aliphatic carbocycles. The second-order valence-corrected chi connectivity index (χ2v) is 21.2. The van der Waals surface area contributed by atoms with Gasteiger partial charge in [-0.3, -0.25) is 9.97 Å². The Morgan fingerprint density at radius 1 is 0.417 bits per heavy atom. The van der Waals surface area contributed by atoms with Gasteiger partial charge in [0.2, 0.25) is 0 Å². The summed E-state index contributed by atoms with van der Waals surface area (Å²) in [6.45, 7) is 29.6. The van der Waals surface area contributed by atoms with E-state index in [0.29, 0.717) is 29.6 Å². The van der Waals surface area contributed by atoms with Crippen LogP contribution in [0, 0.1) is 32.9 Å². The first-order valence-corrected chi connectivity index (χ1v) is 25.5. The van der Waals surface area contributed by atoms with E-state index in [1.807, 2.05) is 12.1 Å². The van der Waals surface area contributed by atoms with E-state index in [1.165, 1.54) is 105 Å². The van der Waals surface area contributed by atoms with Gasteiger partial charge in [-0.05, 0) is 123 Å². The Balaban J connectivity index is 0.000000189. The van der Waals surface area contributed by atoms with Crippen molar-refractivity contribution in [3.05, 3.63) is 190 Å². The van der Waals surface area contributed by atoms with Crippen molar-refractivity contribution in [1.29, 1.82) is 0 Å². The zero-order valence-corrected chi connectivity index (χ0v) is 48.8. The molecule has 2 radical (unpaired) electrons. The van der Waals surface area contributed by atoms with E-state index in [9.17, 15) is 0 Å². The van der Waals surface area contributed by atoms with E-state index in [-0.39, 0.29) is 40.2 Å². The fourth-order valence-electron chi connectivity index (χ4n) is 10.8. The molecule has 0 unspecified atom stereocenters. The van der Waals surface area contributed by atoms with E-state index < -0.39 is 0 Å². The molecule has 370 valence electrons. The largest absolute Gasteiger partial charge is 0.333 e. The summed E-state index contributed by atoms with van der Waals surface area (Å²) >= 11 is 0. The first-order valence-electron chi connectivity index (χ1n) is 25.5. The van der Waals surface area contributed by atoms with E-state index in [4.69, 9.17) is 9.97 Å². The molecule has 4 heterocycles. The molecule has 6 heteroatoms. The molecule has 0 aliphatic heterocycles. The Morgan fingerprint density at radius 2 is 0.875 bits per heavy atom. The van der Waals surface area contributed by atoms with Gasteiger partial charge in [0.25, 0.3) is 0 Å². The molecule has 7 aromatic carbocycles. The van der Waals surface area contributed by atoms with Gasteiger partial charge in [-0.15, -0.1) is 59.3 Å². The van der Waals surface area contributed by atoms with Gasteiger partial charge in [0, 0.05) is 74.8 Å². The molecule has 0 bridgehead atoms. The summed E-state index contributed by atoms with van der Waals surface area (Å²) in [7, 11) is 0. The van der Waals surface area contributed by atoms with Crippen LogP contribution >= 0.6 is 0 Å². The molecule has 4 nitrogen and oxygen atoms in total. The standard InChI is InChI=1S/C35H33N2.C31H33N2.2Ir/c1-21(2)29-18-26(25-12-8-7-9-13-25)19-30(22(3)4)34(29)33-20-36-35-28-15-11-10-14-27(28)31-16-23(5)24(6)17-32(31)37(33)35;1-18(2)22-15-25(19(3)4)30(26(16-22)20(5)6)29-17-32-31-24-11-9-8-10-23(24)27-14-21(7)12-13-28(27)33(29)31;;/h7-14,16-22H,1-6H3;8-10,12-20H,1-7H3;;/q2*-1;;. The Hall–Kier alpha value is -5.74. The Labute approximate surface area is 454 Å². The summed E-state index contributed by atoms with van der Waals surface area (Å²) in [5.41, 5.74) is 22.7. The third-order valence-electron chi connectivity index (χ3n) is 14.7. The zero-order chi connectivity index (χ0) is 49.3. The average molecular weight is 1300 g/mol. The van der Waals surface area contributed by atoms with Crippen LogP contribution in [0.15, 0.2) is 134 Å². The summed E-state index contributed by atoms with van der Waals surface area (Å²) in [5.74, 6) is 2.07. The van der Waals surface area contributed by atoms with Crippen molar-refractivity contribution in [3.63, 3.8) is 0 Å². The van der Waals surface area contributed by atoms with Crippen LogP contribution in [0.3, 0.4) is 0 Å². The van der Waals surface area contributed by atoms with Crippen molar-refractivity contribution in [1.82, 2.24) is 18.8 Å². The molecule has 0 saturated heterocycles. The summed E-state index contributed by atoms with van der Waals surface area (Å²) in [5, 5.41) is 7.08. The number of rotatable bonds is 8. The maximum atomic E-state index is 5.04. The van der Waals surface area contributed by atoms with Gasteiger partial charge in [-0.2, -0.15) is 0 Å². The normalized spacial score (nSPS) is 11.8. The Kier molecular flexibility index (Phi) is 15.3. The molecule has 11 aromatic rings. The summed E-state index contributed by atoms with van der Waals surface area (Å²) < 4.78 is 4.76. The number of nitrogens with zero attached hydrogens (tertiary/aromatic N) is 4. The molecular formula is C66H66Ir2N4-2. The van der Waals surface area contributed by atoms with Crippen molar-refractivity contribution in [3.8, 4) is 33.6 Å². The molecule has 0 aliphatic rings. The maximum Gasteiger partial charge on any atom is 0.0639 e. The van der Waals surface area contributed by atoms with E-state index in [0.717, 1.165) is 27.8 Å². The molecule has 0 atom stereocenters. The van der Waals surface area contributed by atoms with Gasteiger partial charge in [0.1, 0.15) is 0 Å². The molecule has 0 N–H and O–H groups in total. The molecule has 0 amide bonds. The van der Waals surface area contributed by atoms with Crippen molar-refractivity contribution in [2.75, 3.05) is 0 Å². The summed E-state index contributed by atoms with van der Waals surface area (Å²) in [6, 6.07) is 51.3. The molecule has 72 heavy (non-hydrogen) atoms. The predicted octanol–water partition coefficient (Wildman–Crippen LogP) is 18.4. The van der Waals surface area contributed by atoms with Crippen molar-refractivity contribution >= 4 is 54.6 Å². The number of aromatic nitrogens is 4. The fraction of sp³-hybridized carbons (Fsp3) is 0.273. The minimum Gasteiger partial charge on any atom is -0.333 e.